The van der Waals surface area contributed by atoms with Gasteiger partial charge in [0.2, 0.25) is 11.9 Å². The molecule has 152 valence electrons. The van der Waals surface area contributed by atoms with Crippen molar-refractivity contribution in [2.45, 2.75) is 45.2 Å². The van der Waals surface area contributed by atoms with Crippen LogP contribution >= 0.6 is 0 Å². The Morgan fingerprint density at radius 2 is 2.03 bits per heavy atom. The van der Waals surface area contributed by atoms with Crippen molar-refractivity contribution in [2.75, 3.05) is 23.3 Å². The molecule has 8 heteroatoms. The standard InChI is InChI=1S/C21H26N6O2/c1-14-12-16(24-20(23-14)27-10-4-5-11-27)13-22-21(29)26-18-9-8-15-6-2-3-7-17(15)25-19(18)28/h2-3,6-7,12,18H,4-5,8-11,13H2,1H3,(H,25,28)(H2,22,26,29). The van der Waals surface area contributed by atoms with Crippen molar-refractivity contribution in [3.05, 3.63) is 47.3 Å². The van der Waals surface area contributed by atoms with Crippen molar-refractivity contribution in [1.29, 1.82) is 0 Å². The van der Waals surface area contributed by atoms with E-state index >= 15 is 0 Å². The number of anilines is 2. The van der Waals surface area contributed by atoms with Gasteiger partial charge in [-0.25, -0.2) is 14.8 Å². The molecule has 1 unspecified atom stereocenters. The maximum Gasteiger partial charge on any atom is 0.315 e. The molecule has 0 spiro atoms. The average molecular weight is 394 g/mol. The molecular formula is C21H26N6O2. The zero-order valence-corrected chi connectivity index (χ0v) is 16.6. The molecule has 0 saturated carbocycles. The molecule has 1 saturated heterocycles. The third-order valence-corrected chi connectivity index (χ3v) is 5.31. The summed E-state index contributed by atoms with van der Waals surface area (Å²) in [5.74, 6) is 0.528. The molecule has 1 fully saturated rings. The number of rotatable bonds is 4. The van der Waals surface area contributed by atoms with Gasteiger partial charge in [-0.05, 0) is 50.3 Å². The smallest absolute Gasteiger partial charge is 0.315 e. The highest BCUT2D eigenvalue weighted by Gasteiger charge is 2.25. The summed E-state index contributed by atoms with van der Waals surface area (Å²) in [6, 6.07) is 8.63. The normalized spacial score (nSPS) is 18.6. The van der Waals surface area contributed by atoms with E-state index in [1.807, 2.05) is 37.3 Å². The number of urea groups is 1. The molecule has 3 amide bonds. The monoisotopic (exact) mass is 394 g/mol. The number of hydrogen-bond donors (Lipinski definition) is 3. The number of fused-ring (bicyclic) bond motifs is 1. The third kappa shape index (κ3) is 4.64. The van der Waals surface area contributed by atoms with Gasteiger partial charge in [0.1, 0.15) is 6.04 Å². The van der Waals surface area contributed by atoms with Crippen molar-refractivity contribution in [3.63, 3.8) is 0 Å². The number of para-hydroxylation sites is 1. The number of hydrogen-bond acceptors (Lipinski definition) is 5. The van der Waals surface area contributed by atoms with E-state index in [1.54, 1.807) is 0 Å². The number of aromatic nitrogens is 2. The number of amides is 3. The summed E-state index contributed by atoms with van der Waals surface area (Å²) in [5.41, 5.74) is 3.52. The van der Waals surface area contributed by atoms with Crippen LogP contribution in [0, 0.1) is 6.92 Å². The molecule has 1 atom stereocenters. The summed E-state index contributed by atoms with van der Waals surface area (Å²) in [6.07, 6.45) is 3.59. The molecule has 2 aliphatic rings. The minimum atomic E-state index is -0.574. The maximum atomic E-state index is 12.4. The largest absolute Gasteiger partial charge is 0.341 e. The predicted octanol–water partition coefficient (Wildman–Crippen LogP) is 2.14. The zero-order valence-electron chi connectivity index (χ0n) is 16.6. The van der Waals surface area contributed by atoms with Crippen LogP contribution in [0.3, 0.4) is 0 Å². The van der Waals surface area contributed by atoms with Crippen LogP contribution in [-0.2, 0) is 17.8 Å². The molecule has 1 aromatic carbocycles. The highest BCUT2D eigenvalue weighted by atomic mass is 16.2. The molecule has 1 aromatic heterocycles. The summed E-state index contributed by atoms with van der Waals surface area (Å²) in [7, 11) is 0. The summed E-state index contributed by atoms with van der Waals surface area (Å²) in [4.78, 5) is 36.1. The van der Waals surface area contributed by atoms with Crippen LogP contribution in [-0.4, -0.2) is 41.0 Å². The summed E-state index contributed by atoms with van der Waals surface area (Å²) in [5, 5.41) is 8.49. The summed E-state index contributed by atoms with van der Waals surface area (Å²) in [6.45, 7) is 4.15. The fraction of sp³-hybridized carbons (Fsp3) is 0.429. The molecule has 0 aliphatic carbocycles. The van der Waals surface area contributed by atoms with E-state index in [0.717, 1.165) is 60.9 Å². The quantitative estimate of drug-likeness (QED) is 0.738. The highest BCUT2D eigenvalue weighted by molar-refractivity contribution is 5.98. The average Bonchev–Trinajstić information content (AvgIpc) is 3.20. The van der Waals surface area contributed by atoms with E-state index in [4.69, 9.17) is 0 Å². The molecule has 29 heavy (non-hydrogen) atoms. The predicted molar refractivity (Wildman–Crippen MR) is 111 cm³/mol. The molecule has 0 bridgehead atoms. The number of carbonyl (C=O) groups is 2. The Hall–Kier alpha value is -3.16. The SMILES string of the molecule is Cc1cc(CNC(=O)NC2CCc3ccccc3NC2=O)nc(N2CCCC2)n1. The van der Waals surface area contributed by atoms with Gasteiger partial charge in [0, 0.05) is 24.5 Å². The number of nitrogens with one attached hydrogen (secondary N) is 3. The molecule has 2 aromatic rings. The Morgan fingerprint density at radius 1 is 1.24 bits per heavy atom. The van der Waals surface area contributed by atoms with Crippen molar-refractivity contribution in [1.82, 2.24) is 20.6 Å². The second-order valence-corrected chi connectivity index (χ2v) is 7.56. The zero-order chi connectivity index (χ0) is 20.2. The first-order valence-corrected chi connectivity index (χ1v) is 10.1. The first-order chi connectivity index (χ1) is 14.1. The van der Waals surface area contributed by atoms with E-state index < -0.39 is 6.04 Å². The van der Waals surface area contributed by atoms with Crippen molar-refractivity contribution in [3.8, 4) is 0 Å². The fourth-order valence-corrected chi connectivity index (χ4v) is 3.79. The first kappa shape index (κ1) is 19.2. The van der Waals surface area contributed by atoms with Crippen LogP contribution < -0.4 is 20.9 Å². The van der Waals surface area contributed by atoms with E-state index in [-0.39, 0.29) is 18.5 Å². The Morgan fingerprint density at radius 3 is 2.86 bits per heavy atom. The number of aryl methyl sites for hydroxylation is 2. The molecule has 8 nitrogen and oxygen atoms in total. The van der Waals surface area contributed by atoms with Gasteiger partial charge in [-0.2, -0.15) is 0 Å². The van der Waals surface area contributed by atoms with Crippen molar-refractivity contribution < 1.29 is 9.59 Å². The number of benzene rings is 1. The Bertz CT molecular complexity index is 910. The van der Waals surface area contributed by atoms with Gasteiger partial charge < -0.3 is 20.9 Å². The second kappa shape index (κ2) is 8.46. The van der Waals surface area contributed by atoms with Gasteiger partial charge in [0.05, 0.1) is 12.2 Å². The van der Waals surface area contributed by atoms with Gasteiger partial charge in [-0.15, -0.1) is 0 Å². The van der Waals surface area contributed by atoms with Crippen LogP contribution in [0.1, 0.15) is 36.2 Å². The van der Waals surface area contributed by atoms with Crippen LogP contribution in [0.4, 0.5) is 16.4 Å². The molecule has 0 radical (unpaired) electrons. The number of nitrogens with zero attached hydrogens (tertiary/aromatic N) is 3. The summed E-state index contributed by atoms with van der Waals surface area (Å²) < 4.78 is 0. The Labute approximate surface area is 170 Å². The van der Waals surface area contributed by atoms with Crippen molar-refractivity contribution in [2.24, 2.45) is 0 Å². The van der Waals surface area contributed by atoms with Gasteiger partial charge in [0.25, 0.3) is 0 Å². The lowest BCUT2D eigenvalue weighted by Crippen LogP contribution is -2.47. The van der Waals surface area contributed by atoms with Crippen LogP contribution in [0.2, 0.25) is 0 Å². The second-order valence-electron chi connectivity index (χ2n) is 7.56. The molecule has 4 rings (SSSR count). The minimum Gasteiger partial charge on any atom is -0.341 e. The lowest BCUT2D eigenvalue weighted by molar-refractivity contribution is -0.117. The lowest BCUT2D eigenvalue weighted by Gasteiger charge is -2.18. The van der Waals surface area contributed by atoms with Gasteiger partial charge in [-0.1, -0.05) is 18.2 Å². The summed E-state index contributed by atoms with van der Waals surface area (Å²) >= 11 is 0. The van der Waals surface area contributed by atoms with Crippen molar-refractivity contribution >= 4 is 23.6 Å². The Balaban J connectivity index is 1.34. The maximum absolute atomic E-state index is 12.4. The van der Waals surface area contributed by atoms with Crippen LogP contribution in [0.5, 0.6) is 0 Å². The van der Waals surface area contributed by atoms with Gasteiger partial charge in [0.15, 0.2) is 0 Å². The molecule has 2 aliphatic heterocycles. The highest BCUT2D eigenvalue weighted by Crippen LogP contribution is 2.21. The van der Waals surface area contributed by atoms with Crippen LogP contribution in [0.15, 0.2) is 30.3 Å². The topological polar surface area (TPSA) is 99.2 Å². The van der Waals surface area contributed by atoms with E-state index in [9.17, 15) is 9.59 Å². The van der Waals surface area contributed by atoms with Gasteiger partial charge in [-0.3, -0.25) is 4.79 Å². The van der Waals surface area contributed by atoms with Crippen LogP contribution in [0.25, 0.3) is 0 Å². The minimum absolute atomic E-state index is 0.195. The first-order valence-electron chi connectivity index (χ1n) is 10.1. The third-order valence-electron chi connectivity index (χ3n) is 5.31. The number of carbonyl (C=O) groups excluding carboxylic acids is 2. The molecule has 3 N–H and O–H groups in total. The molecular weight excluding hydrogens is 368 g/mol. The lowest BCUT2D eigenvalue weighted by atomic mass is 10.1. The Kier molecular flexibility index (Phi) is 5.59. The molecule has 3 heterocycles. The van der Waals surface area contributed by atoms with E-state index in [1.165, 1.54) is 0 Å². The van der Waals surface area contributed by atoms with E-state index in [0.29, 0.717) is 6.42 Å². The van der Waals surface area contributed by atoms with Gasteiger partial charge >= 0.3 is 6.03 Å². The fourth-order valence-electron chi connectivity index (χ4n) is 3.79. The van der Waals surface area contributed by atoms with E-state index in [2.05, 4.69) is 30.8 Å².